The Labute approximate surface area is 230 Å². The molecule has 10 heteroatoms. The fraction of sp³-hybridized carbons (Fsp3) is 0.148. The van der Waals surface area contributed by atoms with Crippen molar-refractivity contribution in [1.82, 2.24) is 14.9 Å². The highest BCUT2D eigenvalue weighted by Gasteiger charge is 2.42. The molecule has 2 atom stereocenters. The fourth-order valence-electron chi connectivity index (χ4n) is 4.50. The lowest BCUT2D eigenvalue weighted by molar-refractivity contribution is -0.119. The van der Waals surface area contributed by atoms with Crippen LogP contribution in [0.1, 0.15) is 23.5 Å². The summed E-state index contributed by atoms with van der Waals surface area (Å²) < 4.78 is 6.94. The van der Waals surface area contributed by atoms with Gasteiger partial charge in [-0.2, -0.15) is 0 Å². The smallest absolute Gasteiger partial charge is 0.250 e. The van der Waals surface area contributed by atoms with Crippen LogP contribution in [0.2, 0.25) is 10.0 Å². The lowest BCUT2D eigenvalue weighted by Gasteiger charge is -2.29. The monoisotopic (exact) mass is 551 g/mol. The number of ether oxygens (including phenoxy) is 1. The molecule has 1 fully saturated rings. The summed E-state index contributed by atoms with van der Waals surface area (Å²) in [5.74, 6) is -0.223. The molecule has 0 radical (unpaired) electrons. The number of pyridine rings is 1. The number of anilines is 2. The fourth-order valence-corrected chi connectivity index (χ4v) is 5.34. The van der Waals surface area contributed by atoms with Crippen molar-refractivity contribution in [3.63, 3.8) is 0 Å². The van der Waals surface area contributed by atoms with Crippen LogP contribution in [0, 0.1) is 0 Å². The van der Waals surface area contributed by atoms with Crippen molar-refractivity contribution in [3.05, 3.63) is 107 Å². The molecule has 0 unspecified atom stereocenters. The minimum absolute atomic E-state index is 0.0139. The van der Waals surface area contributed by atoms with Crippen molar-refractivity contribution in [2.45, 2.75) is 12.1 Å². The molecule has 2 aromatic heterocycles. The number of hydrogen-bond donors (Lipinski definition) is 2. The van der Waals surface area contributed by atoms with E-state index in [2.05, 4.69) is 20.5 Å². The minimum atomic E-state index is -0.252. The van der Waals surface area contributed by atoms with Gasteiger partial charge in [0.25, 0.3) is 0 Å². The summed E-state index contributed by atoms with van der Waals surface area (Å²) in [5.41, 5.74) is 4.15. The van der Waals surface area contributed by atoms with E-state index < -0.39 is 0 Å². The van der Waals surface area contributed by atoms with Gasteiger partial charge in [-0.05, 0) is 78.9 Å². The average molecular weight is 552 g/mol. The molecule has 0 spiro atoms. The molecule has 0 bridgehead atoms. The van der Waals surface area contributed by atoms with Gasteiger partial charge in [-0.25, -0.2) is 0 Å². The topological polar surface area (TPSA) is 71.4 Å². The number of nitrogens with zero attached hydrogens (tertiary/aromatic N) is 3. The Morgan fingerprint density at radius 3 is 2.62 bits per heavy atom. The van der Waals surface area contributed by atoms with Crippen LogP contribution in [0.25, 0.3) is 5.69 Å². The van der Waals surface area contributed by atoms with Crippen LogP contribution in [0.4, 0.5) is 11.4 Å². The summed E-state index contributed by atoms with van der Waals surface area (Å²) in [6, 6.07) is 22.3. The lowest BCUT2D eigenvalue weighted by Crippen LogP contribution is -2.30. The molecule has 0 saturated carbocycles. The Morgan fingerprint density at radius 1 is 1.11 bits per heavy atom. The third-order valence-electron chi connectivity index (χ3n) is 6.06. The molecular formula is C27H23Cl2N5O2S. The van der Waals surface area contributed by atoms with E-state index in [9.17, 15) is 4.79 Å². The first-order valence-electron chi connectivity index (χ1n) is 11.5. The molecule has 2 aromatic carbocycles. The Kier molecular flexibility index (Phi) is 7.43. The van der Waals surface area contributed by atoms with Crippen LogP contribution in [0.15, 0.2) is 85.2 Å². The van der Waals surface area contributed by atoms with E-state index in [1.54, 1.807) is 12.3 Å². The van der Waals surface area contributed by atoms with E-state index in [1.165, 1.54) is 7.11 Å². The zero-order valence-electron chi connectivity index (χ0n) is 19.8. The third-order valence-corrected chi connectivity index (χ3v) is 6.91. The van der Waals surface area contributed by atoms with Crippen LogP contribution in [-0.4, -0.2) is 34.3 Å². The average Bonchev–Trinajstić information content (AvgIpc) is 3.49. The Morgan fingerprint density at radius 2 is 1.92 bits per heavy atom. The second-order valence-corrected chi connectivity index (χ2v) is 9.65. The van der Waals surface area contributed by atoms with Crippen molar-refractivity contribution in [2.75, 3.05) is 23.9 Å². The number of methoxy groups -OCH3 is 1. The number of carbonyl (C=O) groups is 1. The molecule has 3 heterocycles. The first kappa shape index (κ1) is 25.2. The van der Waals surface area contributed by atoms with E-state index in [1.807, 2.05) is 77.5 Å². The predicted octanol–water partition coefficient (Wildman–Crippen LogP) is 5.94. The molecule has 1 aliphatic rings. The second-order valence-electron chi connectivity index (χ2n) is 8.42. The molecule has 37 heavy (non-hydrogen) atoms. The maximum Gasteiger partial charge on any atom is 0.250 e. The number of amides is 1. The molecule has 188 valence electrons. The maximum atomic E-state index is 11.9. The van der Waals surface area contributed by atoms with Gasteiger partial charge in [0, 0.05) is 41.6 Å². The molecule has 1 aliphatic heterocycles. The summed E-state index contributed by atoms with van der Waals surface area (Å²) in [6.07, 6.45) is 3.74. The standard InChI is InChI=1S/C27H23Cl2N5O2S/c1-36-16-24(35)31-18-8-10-19(11-9-18)34-26(25(32-27(34)37)21-5-2-3-13-30-21)23-6-4-14-33(23)22-12-7-17(28)15-20(22)29/h2-15,25-26H,16H2,1H3,(H,31,35)(H,32,37)/t25-,26+/m1/s1. The number of halogens is 2. The number of benzene rings is 2. The summed E-state index contributed by atoms with van der Waals surface area (Å²) in [4.78, 5) is 18.6. The highest BCUT2D eigenvalue weighted by molar-refractivity contribution is 7.80. The maximum absolute atomic E-state index is 11.9. The Balaban J connectivity index is 1.57. The van der Waals surface area contributed by atoms with Crippen LogP contribution < -0.4 is 15.5 Å². The quantitative estimate of drug-likeness (QED) is 0.277. The molecular weight excluding hydrogens is 529 g/mol. The highest BCUT2D eigenvalue weighted by atomic mass is 35.5. The van der Waals surface area contributed by atoms with E-state index in [4.69, 9.17) is 40.2 Å². The molecule has 5 rings (SSSR count). The van der Waals surface area contributed by atoms with E-state index in [0.717, 1.165) is 22.8 Å². The van der Waals surface area contributed by atoms with E-state index in [-0.39, 0.29) is 24.6 Å². The highest BCUT2D eigenvalue weighted by Crippen LogP contribution is 2.43. The van der Waals surface area contributed by atoms with Crippen LogP contribution in [-0.2, 0) is 9.53 Å². The minimum Gasteiger partial charge on any atom is -0.375 e. The molecule has 7 nitrogen and oxygen atoms in total. The molecule has 1 saturated heterocycles. The van der Waals surface area contributed by atoms with Gasteiger partial charge < -0.3 is 24.8 Å². The van der Waals surface area contributed by atoms with Crippen molar-refractivity contribution in [3.8, 4) is 5.69 Å². The largest absolute Gasteiger partial charge is 0.375 e. The normalized spacial score (nSPS) is 17.1. The van der Waals surface area contributed by atoms with E-state index >= 15 is 0 Å². The van der Waals surface area contributed by atoms with Gasteiger partial charge in [0.15, 0.2) is 5.11 Å². The number of thiocarbonyl (C=S) groups is 1. The van der Waals surface area contributed by atoms with Crippen molar-refractivity contribution in [2.24, 2.45) is 0 Å². The van der Waals surface area contributed by atoms with Gasteiger partial charge in [0.05, 0.1) is 22.4 Å². The van der Waals surface area contributed by atoms with Gasteiger partial charge in [0.2, 0.25) is 5.91 Å². The van der Waals surface area contributed by atoms with Crippen molar-refractivity contribution < 1.29 is 9.53 Å². The van der Waals surface area contributed by atoms with Gasteiger partial charge in [0.1, 0.15) is 12.6 Å². The van der Waals surface area contributed by atoms with Crippen molar-refractivity contribution in [1.29, 1.82) is 0 Å². The number of carbonyl (C=O) groups excluding carboxylic acids is 1. The van der Waals surface area contributed by atoms with Gasteiger partial charge in [-0.15, -0.1) is 0 Å². The number of aromatic nitrogens is 2. The lowest BCUT2D eigenvalue weighted by atomic mass is 10.0. The first-order valence-corrected chi connectivity index (χ1v) is 12.6. The van der Waals surface area contributed by atoms with E-state index in [0.29, 0.717) is 20.8 Å². The van der Waals surface area contributed by atoms with Gasteiger partial charge in [-0.3, -0.25) is 9.78 Å². The SMILES string of the molecule is COCC(=O)Nc1ccc(N2C(=S)N[C@H](c3ccccn3)[C@@H]2c2cccn2-c2ccc(Cl)cc2Cl)cc1. The Hall–Kier alpha value is -3.43. The Bertz CT molecular complexity index is 1430. The summed E-state index contributed by atoms with van der Waals surface area (Å²) in [6.45, 7) is -0.0139. The zero-order chi connectivity index (χ0) is 25.9. The molecule has 2 N–H and O–H groups in total. The predicted molar refractivity (Wildman–Crippen MR) is 151 cm³/mol. The zero-order valence-corrected chi connectivity index (χ0v) is 22.1. The molecule has 1 amide bonds. The summed E-state index contributed by atoms with van der Waals surface area (Å²) in [7, 11) is 1.48. The molecule has 0 aliphatic carbocycles. The number of rotatable bonds is 7. The van der Waals surface area contributed by atoms with Gasteiger partial charge >= 0.3 is 0 Å². The van der Waals surface area contributed by atoms with Gasteiger partial charge in [-0.1, -0.05) is 29.3 Å². The van der Waals surface area contributed by atoms with Crippen molar-refractivity contribution >= 4 is 57.8 Å². The number of nitrogens with one attached hydrogen (secondary N) is 2. The number of hydrogen-bond acceptors (Lipinski definition) is 4. The molecule has 4 aromatic rings. The first-order chi connectivity index (χ1) is 18.0. The van der Waals surface area contributed by atoms with Crippen LogP contribution in [0.5, 0.6) is 0 Å². The second kappa shape index (κ2) is 10.9. The summed E-state index contributed by atoms with van der Waals surface area (Å²) >= 11 is 18.6. The van der Waals surface area contributed by atoms with Crippen LogP contribution in [0.3, 0.4) is 0 Å². The third kappa shape index (κ3) is 5.19. The van der Waals surface area contributed by atoms with Crippen LogP contribution >= 0.6 is 35.4 Å². The summed E-state index contributed by atoms with van der Waals surface area (Å²) in [5, 5.41) is 7.95.